The molecule has 0 radical (unpaired) electrons. The lowest BCUT2D eigenvalue weighted by Gasteiger charge is -2.12. The molecule has 1 atom stereocenters. The van der Waals surface area contributed by atoms with Gasteiger partial charge in [0, 0.05) is 18.2 Å². The zero-order chi connectivity index (χ0) is 15.4. The lowest BCUT2D eigenvalue weighted by molar-refractivity contribution is 0.0940. The summed E-state index contributed by atoms with van der Waals surface area (Å²) in [6.07, 6.45) is 0.990. The quantitative estimate of drug-likeness (QED) is 0.911. The van der Waals surface area contributed by atoms with Crippen molar-refractivity contribution in [2.45, 2.75) is 12.5 Å². The van der Waals surface area contributed by atoms with Crippen LogP contribution in [0.15, 0.2) is 48.5 Å². The number of carbonyl (C=O) groups is 1. The summed E-state index contributed by atoms with van der Waals surface area (Å²) in [6, 6.07) is 15.8. The predicted molar refractivity (Wildman–Crippen MR) is 87.2 cm³/mol. The van der Waals surface area contributed by atoms with Crippen molar-refractivity contribution in [3.05, 3.63) is 54.1 Å². The van der Waals surface area contributed by atoms with Crippen LogP contribution in [-0.2, 0) is 0 Å². The fraction of sp³-hybridized carbons (Fsp3) is 0.278. The molecular weight excluding hydrogens is 276 g/mol. The third-order valence-electron chi connectivity index (χ3n) is 3.94. The van der Waals surface area contributed by atoms with Crippen molar-refractivity contribution >= 4 is 5.91 Å². The monoisotopic (exact) mass is 296 g/mol. The molecule has 1 amide bonds. The summed E-state index contributed by atoms with van der Waals surface area (Å²) in [7, 11) is 1.65. The van der Waals surface area contributed by atoms with Crippen molar-refractivity contribution in [1.82, 2.24) is 10.6 Å². The van der Waals surface area contributed by atoms with Gasteiger partial charge in [-0.25, -0.2) is 0 Å². The predicted octanol–water partition coefficient (Wildman–Crippen LogP) is 2.45. The van der Waals surface area contributed by atoms with Crippen molar-refractivity contribution in [1.29, 1.82) is 0 Å². The van der Waals surface area contributed by atoms with Gasteiger partial charge in [0.2, 0.25) is 0 Å². The molecule has 0 spiro atoms. The minimum atomic E-state index is -0.0101. The number of carbonyl (C=O) groups excluding carboxylic acids is 1. The van der Waals surface area contributed by atoms with E-state index >= 15 is 0 Å². The molecule has 3 rings (SSSR count). The van der Waals surface area contributed by atoms with Gasteiger partial charge in [-0.15, -0.1) is 0 Å². The summed E-state index contributed by atoms with van der Waals surface area (Å²) in [6.45, 7) is 1.82. The van der Waals surface area contributed by atoms with Crippen LogP contribution in [0.2, 0.25) is 0 Å². The SMILES string of the molecule is COc1ccc(-c2cccc(C(=O)N[C@H]3CCNC3)c2)cc1. The zero-order valence-corrected chi connectivity index (χ0v) is 12.6. The number of hydrogen-bond donors (Lipinski definition) is 2. The van der Waals surface area contributed by atoms with Crippen molar-refractivity contribution in [2.75, 3.05) is 20.2 Å². The van der Waals surface area contributed by atoms with Gasteiger partial charge in [0.15, 0.2) is 0 Å². The topological polar surface area (TPSA) is 50.4 Å². The Morgan fingerprint density at radius 2 is 2.00 bits per heavy atom. The molecule has 1 heterocycles. The Hall–Kier alpha value is -2.33. The fourth-order valence-corrected chi connectivity index (χ4v) is 2.67. The molecule has 2 aromatic rings. The molecule has 4 nitrogen and oxygen atoms in total. The van der Waals surface area contributed by atoms with Crippen LogP contribution in [-0.4, -0.2) is 32.1 Å². The van der Waals surface area contributed by atoms with Gasteiger partial charge in [0.05, 0.1) is 7.11 Å². The molecule has 2 aromatic carbocycles. The number of methoxy groups -OCH3 is 1. The van der Waals surface area contributed by atoms with Crippen LogP contribution in [0.1, 0.15) is 16.8 Å². The number of amides is 1. The number of ether oxygens (including phenoxy) is 1. The first-order valence-corrected chi connectivity index (χ1v) is 7.52. The molecule has 0 aromatic heterocycles. The standard InChI is InChI=1S/C18H20N2O2/c1-22-17-7-5-13(6-8-17)14-3-2-4-15(11-14)18(21)20-16-9-10-19-12-16/h2-8,11,16,19H,9-10,12H2,1H3,(H,20,21)/t16-/m0/s1. The van der Waals surface area contributed by atoms with E-state index in [-0.39, 0.29) is 11.9 Å². The third-order valence-corrected chi connectivity index (χ3v) is 3.94. The largest absolute Gasteiger partial charge is 0.497 e. The van der Waals surface area contributed by atoms with Gasteiger partial charge in [-0.05, 0) is 48.4 Å². The Labute approximate surface area is 130 Å². The van der Waals surface area contributed by atoms with E-state index in [0.717, 1.165) is 36.4 Å². The van der Waals surface area contributed by atoms with Crippen molar-refractivity contribution < 1.29 is 9.53 Å². The smallest absolute Gasteiger partial charge is 0.251 e. The molecule has 1 aliphatic rings. The molecule has 4 heteroatoms. The number of nitrogens with one attached hydrogen (secondary N) is 2. The highest BCUT2D eigenvalue weighted by Gasteiger charge is 2.17. The Balaban J connectivity index is 1.77. The molecule has 1 saturated heterocycles. The van der Waals surface area contributed by atoms with E-state index in [0.29, 0.717) is 5.56 Å². The van der Waals surface area contributed by atoms with Crippen LogP contribution in [0.5, 0.6) is 5.75 Å². The highest BCUT2D eigenvalue weighted by molar-refractivity contribution is 5.95. The molecular formula is C18H20N2O2. The second-order valence-corrected chi connectivity index (χ2v) is 5.47. The van der Waals surface area contributed by atoms with Gasteiger partial charge >= 0.3 is 0 Å². The van der Waals surface area contributed by atoms with Crippen LogP contribution < -0.4 is 15.4 Å². The van der Waals surface area contributed by atoms with Crippen LogP contribution in [0.4, 0.5) is 0 Å². The molecule has 0 aliphatic carbocycles. The summed E-state index contributed by atoms with van der Waals surface area (Å²) >= 11 is 0. The summed E-state index contributed by atoms with van der Waals surface area (Å²) in [5, 5.41) is 6.32. The average molecular weight is 296 g/mol. The van der Waals surface area contributed by atoms with Crippen LogP contribution in [0, 0.1) is 0 Å². The van der Waals surface area contributed by atoms with Crippen LogP contribution >= 0.6 is 0 Å². The Morgan fingerprint density at radius 1 is 1.18 bits per heavy atom. The van der Waals surface area contributed by atoms with E-state index in [9.17, 15) is 4.79 Å². The molecule has 114 valence electrons. The first-order chi connectivity index (χ1) is 10.8. The van der Waals surface area contributed by atoms with Crippen molar-refractivity contribution in [2.24, 2.45) is 0 Å². The van der Waals surface area contributed by atoms with Gasteiger partial charge in [0.1, 0.15) is 5.75 Å². The first kappa shape index (κ1) is 14.6. The van der Waals surface area contributed by atoms with E-state index in [1.165, 1.54) is 0 Å². The molecule has 1 aliphatic heterocycles. The Bertz CT molecular complexity index is 646. The molecule has 1 fully saturated rings. The summed E-state index contributed by atoms with van der Waals surface area (Å²) in [5.41, 5.74) is 2.79. The lowest BCUT2D eigenvalue weighted by Crippen LogP contribution is -2.36. The van der Waals surface area contributed by atoms with Crippen LogP contribution in [0.25, 0.3) is 11.1 Å². The maximum absolute atomic E-state index is 12.3. The molecule has 0 saturated carbocycles. The average Bonchev–Trinajstić information content (AvgIpc) is 3.08. The lowest BCUT2D eigenvalue weighted by atomic mass is 10.0. The molecule has 22 heavy (non-hydrogen) atoms. The number of rotatable bonds is 4. The highest BCUT2D eigenvalue weighted by Crippen LogP contribution is 2.23. The summed E-state index contributed by atoms with van der Waals surface area (Å²) in [4.78, 5) is 12.3. The maximum atomic E-state index is 12.3. The molecule has 2 N–H and O–H groups in total. The van der Waals surface area contributed by atoms with E-state index < -0.39 is 0 Å². The minimum Gasteiger partial charge on any atom is -0.497 e. The van der Waals surface area contributed by atoms with Gasteiger partial charge in [-0.2, -0.15) is 0 Å². The number of hydrogen-bond acceptors (Lipinski definition) is 3. The maximum Gasteiger partial charge on any atom is 0.251 e. The normalized spacial score (nSPS) is 17.2. The third kappa shape index (κ3) is 3.28. The van der Waals surface area contributed by atoms with E-state index in [4.69, 9.17) is 4.74 Å². The van der Waals surface area contributed by atoms with E-state index in [1.54, 1.807) is 7.11 Å². The van der Waals surface area contributed by atoms with Crippen molar-refractivity contribution in [3.8, 4) is 16.9 Å². The second-order valence-electron chi connectivity index (χ2n) is 5.47. The minimum absolute atomic E-state index is 0.0101. The summed E-state index contributed by atoms with van der Waals surface area (Å²) < 4.78 is 5.17. The van der Waals surface area contributed by atoms with Crippen molar-refractivity contribution in [3.63, 3.8) is 0 Å². The summed E-state index contributed by atoms with van der Waals surface area (Å²) in [5.74, 6) is 0.815. The van der Waals surface area contributed by atoms with Gasteiger partial charge < -0.3 is 15.4 Å². The Morgan fingerprint density at radius 3 is 2.68 bits per heavy atom. The van der Waals surface area contributed by atoms with Gasteiger partial charge in [0.25, 0.3) is 5.91 Å². The Kier molecular flexibility index (Phi) is 4.39. The molecule has 0 unspecified atom stereocenters. The fourth-order valence-electron chi connectivity index (χ4n) is 2.67. The van der Waals surface area contributed by atoms with E-state index in [2.05, 4.69) is 10.6 Å². The first-order valence-electron chi connectivity index (χ1n) is 7.52. The van der Waals surface area contributed by atoms with Gasteiger partial charge in [-0.3, -0.25) is 4.79 Å². The number of benzene rings is 2. The second kappa shape index (κ2) is 6.62. The molecule has 0 bridgehead atoms. The van der Waals surface area contributed by atoms with E-state index in [1.807, 2.05) is 48.5 Å². The zero-order valence-electron chi connectivity index (χ0n) is 12.6. The highest BCUT2D eigenvalue weighted by atomic mass is 16.5. The van der Waals surface area contributed by atoms with Gasteiger partial charge in [-0.1, -0.05) is 24.3 Å². The van der Waals surface area contributed by atoms with Crippen LogP contribution in [0.3, 0.4) is 0 Å².